The molecule has 4 heteroatoms. The fraction of sp³-hybridized carbons (Fsp3) is 0.375. The molecule has 4 nitrogen and oxygen atoms in total. The number of fused-ring (bicyclic) bond motifs is 1. The van der Waals surface area contributed by atoms with Crippen molar-refractivity contribution in [3.8, 4) is 6.07 Å². The summed E-state index contributed by atoms with van der Waals surface area (Å²) in [7, 11) is 0. The largest absolute Gasteiger partial charge is 0.354 e. The van der Waals surface area contributed by atoms with Gasteiger partial charge in [-0.2, -0.15) is 5.26 Å². The number of rotatable bonds is 1. The zero-order valence-corrected chi connectivity index (χ0v) is 11.6. The lowest BCUT2D eigenvalue weighted by atomic mass is 9.94. The zero-order chi connectivity index (χ0) is 14.1. The molecule has 1 aliphatic heterocycles. The number of nitrogens with two attached hydrogens (primary N) is 1. The maximum atomic E-state index is 9.38. The Labute approximate surface area is 118 Å². The maximum Gasteiger partial charge on any atom is 0.147 e. The van der Waals surface area contributed by atoms with Gasteiger partial charge in [-0.05, 0) is 24.5 Å². The van der Waals surface area contributed by atoms with Crippen molar-refractivity contribution in [3.05, 3.63) is 35.9 Å². The summed E-state index contributed by atoms with van der Waals surface area (Å²) in [5, 5.41) is 10.4. The molecule has 0 spiro atoms. The van der Waals surface area contributed by atoms with E-state index in [1.165, 1.54) is 0 Å². The van der Waals surface area contributed by atoms with Crippen molar-refractivity contribution in [3.63, 3.8) is 0 Å². The van der Waals surface area contributed by atoms with Gasteiger partial charge in [0.1, 0.15) is 11.9 Å². The van der Waals surface area contributed by atoms with E-state index in [1.54, 1.807) is 0 Å². The van der Waals surface area contributed by atoms with Gasteiger partial charge in [0.05, 0.1) is 11.1 Å². The number of para-hydroxylation sites is 1. The zero-order valence-electron chi connectivity index (χ0n) is 11.6. The molecule has 0 amide bonds. The molecule has 2 N–H and O–H groups in total. The highest BCUT2D eigenvalue weighted by molar-refractivity contribution is 5.83. The predicted octanol–water partition coefficient (Wildman–Crippen LogP) is 2.28. The number of pyridine rings is 1. The molecule has 1 aromatic heterocycles. The van der Waals surface area contributed by atoms with Crippen molar-refractivity contribution in [1.82, 2.24) is 4.98 Å². The van der Waals surface area contributed by atoms with Gasteiger partial charge in [0.25, 0.3) is 0 Å². The first-order chi connectivity index (χ1) is 9.69. The van der Waals surface area contributed by atoms with Crippen LogP contribution in [0.4, 0.5) is 5.82 Å². The van der Waals surface area contributed by atoms with Gasteiger partial charge in [0.2, 0.25) is 0 Å². The molecule has 102 valence electrons. The molecule has 1 saturated heterocycles. The van der Waals surface area contributed by atoms with Crippen LogP contribution in [-0.4, -0.2) is 24.1 Å². The molecule has 2 unspecified atom stereocenters. The van der Waals surface area contributed by atoms with Crippen LogP contribution in [0.3, 0.4) is 0 Å². The van der Waals surface area contributed by atoms with Crippen LogP contribution >= 0.6 is 0 Å². The summed E-state index contributed by atoms with van der Waals surface area (Å²) in [5.74, 6) is 1.30. The lowest BCUT2D eigenvalue weighted by molar-refractivity contribution is 0.378. The predicted molar refractivity (Wildman–Crippen MR) is 80.4 cm³/mol. The molecule has 0 radical (unpaired) electrons. The Kier molecular flexibility index (Phi) is 3.29. The summed E-state index contributed by atoms with van der Waals surface area (Å²) in [6.45, 7) is 3.86. The van der Waals surface area contributed by atoms with Crippen LogP contribution in [-0.2, 0) is 0 Å². The molecule has 2 heterocycles. The maximum absolute atomic E-state index is 9.38. The van der Waals surface area contributed by atoms with Gasteiger partial charge in [-0.1, -0.05) is 25.1 Å². The van der Waals surface area contributed by atoms with Gasteiger partial charge >= 0.3 is 0 Å². The molecule has 0 bridgehead atoms. The molecular weight excluding hydrogens is 248 g/mol. The molecule has 2 aromatic rings. The molecule has 2 atom stereocenters. The van der Waals surface area contributed by atoms with Gasteiger partial charge in [-0.3, -0.25) is 0 Å². The molecule has 20 heavy (non-hydrogen) atoms. The first kappa shape index (κ1) is 12.9. The minimum absolute atomic E-state index is 0.142. The van der Waals surface area contributed by atoms with Crippen LogP contribution in [0.1, 0.15) is 18.9 Å². The van der Waals surface area contributed by atoms with Gasteiger partial charge in [-0.15, -0.1) is 0 Å². The summed E-state index contributed by atoms with van der Waals surface area (Å²) in [6, 6.07) is 12.2. The van der Waals surface area contributed by atoms with Gasteiger partial charge in [-0.25, -0.2) is 4.98 Å². The number of benzene rings is 1. The lowest BCUT2D eigenvalue weighted by Gasteiger charge is -2.36. The van der Waals surface area contributed by atoms with E-state index in [-0.39, 0.29) is 6.04 Å². The third-order valence-corrected chi connectivity index (χ3v) is 4.14. The Hall–Kier alpha value is -2.12. The highest BCUT2D eigenvalue weighted by Gasteiger charge is 2.25. The summed E-state index contributed by atoms with van der Waals surface area (Å²) >= 11 is 0. The van der Waals surface area contributed by atoms with Crippen LogP contribution in [0, 0.1) is 17.2 Å². The number of hydrogen-bond acceptors (Lipinski definition) is 4. The van der Waals surface area contributed by atoms with E-state index in [1.807, 2.05) is 30.3 Å². The highest BCUT2D eigenvalue weighted by Crippen LogP contribution is 2.26. The van der Waals surface area contributed by atoms with E-state index in [9.17, 15) is 5.26 Å². The van der Waals surface area contributed by atoms with Gasteiger partial charge in [0.15, 0.2) is 0 Å². The van der Waals surface area contributed by atoms with E-state index in [0.29, 0.717) is 11.5 Å². The fourth-order valence-corrected chi connectivity index (χ4v) is 2.72. The average Bonchev–Trinajstić information content (AvgIpc) is 2.48. The summed E-state index contributed by atoms with van der Waals surface area (Å²) < 4.78 is 0. The summed E-state index contributed by atoms with van der Waals surface area (Å²) in [6.07, 6.45) is 1.04. The van der Waals surface area contributed by atoms with Crippen molar-refractivity contribution in [2.24, 2.45) is 11.7 Å². The van der Waals surface area contributed by atoms with E-state index in [4.69, 9.17) is 5.73 Å². The molecule has 1 aromatic carbocycles. The molecule has 1 aliphatic rings. The second-order valence-corrected chi connectivity index (χ2v) is 5.54. The second kappa shape index (κ2) is 5.10. The number of anilines is 1. The lowest BCUT2D eigenvalue weighted by Crippen LogP contribution is -2.48. The topological polar surface area (TPSA) is 65.9 Å². The smallest absolute Gasteiger partial charge is 0.147 e. The normalized spacial score (nSPS) is 22.8. The van der Waals surface area contributed by atoms with Crippen LogP contribution in [0.15, 0.2) is 30.3 Å². The molecule has 0 saturated carbocycles. The van der Waals surface area contributed by atoms with Gasteiger partial charge in [0, 0.05) is 24.5 Å². The monoisotopic (exact) mass is 266 g/mol. The van der Waals surface area contributed by atoms with Crippen LogP contribution in [0.25, 0.3) is 10.9 Å². The van der Waals surface area contributed by atoms with Crippen LogP contribution < -0.4 is 10.6 Å². The third kappa shape index (κ3) is 2.21. The Balaban J connectivity index is 2.04. The summed E-state index contributed by atoms with van der Waals surface area (Å²) in [5.41, 5.74) is 7.71. The molecular formula is C16H18N4. The minimum atomic E-state index is 0.142. The van der Waals surface area contributed by atoms with E-state index >= 15 is 0 Å². The quantitative estimate of drug-likeness (QED) is 0.860. The first-order valence-electron chi connectivity index (χ1n) is 6.99. The Morgan fingerprint density at radius 3 is 2.95 bits per heavy atom. The SMILES string of the molecule is CC1CCN(c2nc3ccccc3cc2C#N)CC1N. The average molecular weight is 266 g/mol. The third-order valence-electron chi connectivity index (χ3n) is 4.14. The van der Waals surface area contributed by atoms with E-state index in [2.05, 4.69) is 22.9 Å². The Morgan fingerprint density at radius 2 is 2.20 bits per heavy atom. The van der Waals surface area contributed by atoms with Gasteiger partial charge < -0.3 is 10.6 Å². The van der Waals surface area contributed by atoms with Crippen molar-refractivity contribution < 1.29 is 0 Å². The van der Waals surface area contributed by atoms with Crippen molar-refractivity contribution in [2.45, 2.75) is 19.4 Å². The van der Waals surface area contributed by atoms with Crippen molar-refractivity contribution >= 4 is 16.7 Å². The minimum Gasteiger partial charge on any atom is -0.354 e. The number of nitrogens with zero attached hydrogens (tertiary/aromatic N) is 3. The number of nitriles is 1. The van der Waals surface area contributed by atoms with E-state index in [0.717, 1.165) is 36.2 Å². The fourth-order valence-electron chi connectivity index (χ4n) is 2.72. The number of hydrogen-bond donors (Lipinski definition) is 1. The number of piperidine rings is 1. The van der Waals surface area contributed by atoms with E-state index < -0.39 is 0 Å². The highest BCUT2D eigenvalue weighted by atomic mass is 15.2. The van der Waals surface area contributed by atoms with Crippen LogP contribution in [0.2, 0.25) is 0 Å². The second-order valence-electron chi connectivity index (χ2n) is 5.54. The Morgan fingerprint density at radius 1 is 1.40 bits per heavy atom. The number of aromatic nitrogens is 1. The van der Waals surface area contributed by atoms with Crippen LogP contribution in [0.5, 0.6) is 0 Å². The molecule has 1 fully saturated rings. The first-order valence-corrected chi connectivity index (χ1v) is 6.99. The van der Waals surface area contributed by atoms with Crippen molar-refractivity contribution in [2.75, 3.05) is 18.0 Å². The standard InChI is InChI=1S/C16H18N4/c1-11-6-7-20(10-14(11)18)16-13(9-17)8-12-4-2-3-5-15(12)19-16/h2-5,8,11,14H,6-7,10,18H2,1H3. The molecule has 0 aliphatic carbocycles. The van der Waals surface area contributed by atoms with Crippen molar-refractivity contribution in [1.29, 1.82) is 5.26 Å². The summed E-state index contributed by atoms with van der Waals surface area (Å²) in [4.78, 5) is 6.83. The molecule has 3 rings (SSSR count). The Bertz CT molecular complexity index is 674.